The summed E-state index contributed by atoms with van der Waals surface area (Å²) in [4.78, 5) is 0. The van der Waals surface area contributed by atoms with Gasteiger partial charge in [0, 0.05) is 33.9 Å². The minimum absolute atomic E-state index is 0.0650. The molecule has 0 aliphatic heterocycles. The van der Waals surface area contributed by atoms with Crippen molar-refractivity contribution in [1.29, 1.82) is 0 Å². The first-order valence-electron chi connectivity index (χ1n) is 6.71. The Morgan fingerprint density at radius 3 is 1.90 bits per heavy atom. The summed E-state index contributed by atoms with van der Waals surface area (Å²) < 4.78 is 15.2. The van der Waals surface area contributed by atoms with Crippen molar-refractivity contribution >= 4 is 8.80 Å². The van der Waals surface area contributed by atoms with Crippen LogP contribution in [0, 0.1) is 0 Å². The lowest BCUT2D eigenvalue weighted by Gasteiger charge is -2.22. The van der Waals surface area contributed by atoms with Crippen molar-refractivity contribution in [2.24, 2.45) is 5.73 Å². The Hall–Kier alpha value is -0.763. The van der Waals surface area contributed by atoms with E-state index in [-0.39, 0.29) is 6.17 Å². The second-order valence-electron chi connectivity index (χ2n) is 4.30. The Morgan fingerprint density at radius 1 is 1.10 bits per heavy atom. The summed E-state index contributed by atoms with van der Waals surface area (Å²) in [6.07, 6.45) is 0.0650. The Balaban J connectivity index is 0.000000370. The molecule has 0 saturated heterocycles. The predicted molar refractivity (Wildman–Crippen MR) is 84.2 cm³/mol. The van der Waals surface area contributed by atoms with Gasteiger partial charge in [-0.3, -0.25) is 5.32 Å². The molecule has 0 fully saturated rings. The second-order valence-corrected chi connectivity index (χ2v) is 7.60. The van der Waals surface area contributed by atoms with Gasteiger partial charge in [0.2, 0.25) is 0 Å². The Kier molecular flexibility index (Phi) is 10.5. The molecule has 6 heteroatoms. The van der Waals surface area contributed by atoms with E-state index in [1.54, 1.807) is 21.3 Å². The van der Waals surface area contributed by atoms with Gasteiger partial charge in [0.25, 0.3) is 0 Å². The van der Waals surface area contributed by atoms with Crippen molar-refractivity contribution in [1.82, 2.24) is 5.32 Å². The molecule has 20 heavy (non-hydrogen) atoms. The number of hydrogen-bond donors (Lipinski definition) is 2. The molecule has 0 aliphatic rings. The number of benzene rings is 1. The van der Waals surface area contributed by atoms with Crippen LogP contribution < -0.4 is 11.1 Å². The molecule has 0 heterocycles. The van der Waals surface area contributed by atoms with Gasteiger partial charge in [-0.15, -0.1) is 0 Å². The van der Waals surface area contributed by atoms with E-state index in [1.807, 2.05) is 32.0 Å². The third-order valence-corrected chi connectivity index (χ3v) is 5.57. The quantitative estimate of drug-likeness (QED) is 0.595. The molecule has 1 rings (SSSR count). The van der Waals surface area contributed by atoms with Crippen molar-refractivity contribution < 1.29 is 13.3 Å². The first kappa shape index (κ1) is 19.2. The van der Waals surface area contributed by atoms with E-state index in [0.717, 1.165) is 12.6 Å². The smallest absolute Gasteiger partial charge is 0.377 e. The zero-order valence-corrected chi connectivity index (χ0v) is 14.2. The number of nitrogens with two attached hydrogens (primary N) is 1. The molecular formula is C14H28N2O3Si. The maximum Gasteiger partial charge on any atom is 0.499 e. The van der Waals surface area contributed by atoms with Gasteiger partial charge in [-0.25, -0.2) is 0 Å². The maximum atomic E-state index is 5.53. The molecule has 0 amide bonds. The molecule has 0 radical (unpaired) electrons. The molecular weight excluding hydrogens is 272 g/mol. The van der Waals surface area contributed by atoms with Gasteiger partial charge < -0.3 is 19.0 Å². The van der Waals surface area contributed by atoms with Crippen LogP contribution in [0.1, 0.15) is 19.4 Å². The Morgan fingerprint density at radius 2 is 1.60 bits per heavy atom. The fraction of sp³-hybridized carbons (Fsp3) is 0.571. The highest BCUT2D eigenvalue weighted by Crippen LogP contribution is 2.10. The number of nitrogens with one attached hydrogen (secondary N) is 1. The summed E-state index contributed by atoms with van der Waals surface area (Å²) in [5.74, 6) is 0. The summed E-state index contributed by atoms with van der Waals surface area (Å²) in [6.45, 7) is 4.77. The molecule has 1 atom stereocenters. The van der Waals surface area contributed by atoms with Crippen molar-refractivity contribution in [3.8, 4) is 0 Å². The van der Waals surface area contributed by atoms with E-state index < -0.39 is 8.80 Å². The van der Waals surface area contributed by atoms with Crippen LogP contribution in [-0.4, -0.2) is 36.3 Å². The van der Waals surface area contributed by atoms with Crippen molar-refractivity contribution in [2.75, 3.05) is 21.3 Å². The van der Waals surface area contributed by atoms with Gasteiger partial charge in [-0.1, -0.05) is 37.3 Å². The van der Waals surface area contributed by atoms with E-state index in [1.165, 1.54) is 5.56 Å². The van der Waals surface area contributed by atoms with E-state index in [0.29, 0.717) is 0 Å². The van der Waals surface area contributed by atoms with E-state index in [4.69, 9.17) is 19.0 Å². The zero-order valence-electron chi connectivity index (χ0n) is 13.2. The first-order valence-corrected chi connectivity index (χ1v) is 8.65. The van der Waals surface area contributed by atoms with Crippen LogP contribution in [0.25, 0.3) is 0 Å². The molecule has 0 aliphatic carbocycles. The molecule has 3 N–H and O–H groups in total. The average Bonchev–Trinajstić information content (AvgIpc) is 2.50. The Labute approximate surface area is 123 Å². The molecule has 1 aromatic rings. The van der Waals surface area contributed by atoms with E-state index in [9.17, 15) is 0 Å². The highest BCUT2D eigenvalue weighted by Gasteiger charge is 2.34. The molecule has 1 unspecified atom stereocenters. The van der Waals surface area contributed by atoms with Gasteiger partial charge in [0.15, 0.2) is 0 Å². The van der Waals surface area contributed by atoms with Crippen molar-refractivity contribution in [2.45, 2.75) is 32.6 Å². The zero-order chi connectivity index (χ0) is 15.4. The van der Waals surface area contributed by atoms with Crippen LogP contribution in [0.5, 0.6) is 0 Å². The van der Waals surface area contributed by atoms with Gasteiger partial charge in [-0.05, 0) is 12.5 Å². The van der Waals surface area contributed by atoms with Gasteiger partial charge >= 0.3 is 8.80 Å². The van der Waals surface area contributed by atoms with Crippen LogP contribution in [0.3, 0.4) is 0 Å². The molecule has 0 spiro atoms. The summed E-state index contributed by atoms with van der Waals surface area (Å²) in [5, 5.41) is 3.14. The molecule has 0 saturated carbocycles. The molecule has 0 bridgehead atoms. The molecule has 5 nitrogen and oxygen atoms in total. The van der Waals surface area contributed by atoms with Crippen LogP contribution in [0.4, 0.5) is 0 Å². The third-order valence-electron chi connectivity index (χ3n) is 2.84. The highest BCUT2D eigenvalue weighted by molar-refractivity contribution is 6.60. The lowest BCUT2D eigenvalue weighted by Crippen LogP contribution is -2.41. The molecule has 1 aromatic carbocycles. The minimum atomic E-state index is -2.19. The summed E-state index contributed by atoms with van der Waals surface area (Å²) in [6, 6.07) is 11.0. The highest BCUT2D eigenvalue weighted by atomic mass is 28.4. The van der Waals surface area contributed by atoms with Crippen molar-refractivity contribution in [3.05, 3.63) is 35.9 Å². The lowest BCUT2D eigenvalue weighted by atomic mass is 10.2. The first-order chi connectivity index (χ1) is 9.53. The summed E-state index contributed by atoms with van der Waals surface area (Å²) >= 11 is 0. The van der Waals surface area contributed by atoms with Gasteiger partial charge in [0.05, 0.1) is 6.17 Å². The summed E-state index contributed by atoms with van der Waals surface area (Å²) in [7, 11) is 2.65. The topological polar surface area (TPSA) is 65.7 Å². The van der Waals surface area contributed by atoms with Gasteiger partial charge in [0.1, 0.15) is 0 Å². The van der Waals surface area contributed by atoms with Crippen LogP contribution >= 0.6 is 0 Å². The second kappa shape index (κ2) is 11.0. The van der Waals surface area contributed by atoms with Gasteiger partial charge in [-0.2, -0.15) is 0 Å². The SMILES string of the molecule is CC(N)NCc1ccccc1.CC[Si](OC)(OC)OC. The third kappa shape index (κ3) is 7.74. The van der Waals surface area contributed by atoms with E-state index in [2.05, 4.69) is 17.4 Å². The fourth-order valence-electron chi connectivity index (χ4n) is 1.56. The average molecular weight is 300 g/mol. The van der Waals surface area contributed by atoms with Crippen molar-refractivity contribution in [3.63, 3.8) is 0 Å². The molecule has 116 valence electrons. The molecule has 0 aromatic heterocycles. The largest absolute Gasteiger partial charge is 0.499 e. The Bertz CT molecular complexity index is 315. The number of rotatable bonds is 7. The lowest BCUT2D eigenvalue weighted by molar-refractivity contribution is 0.125. The fourth-order valence-corrected chi connectivity index (χ4v) is 2.92. The van der Waals surface area contributed by atoms with Crippen LogP contribution in [-0.2, 0) is 19.8 Å². The van der Waals surface area contributed by atoms with E-state index >= 15 is 0 Å². The number of hydrogen-bond acceptors (Lipinski definition) is 5. The minimum Gasteiger partial charge on any atom is -0.377 e. The normalized spacial score (nSPS) is 12.5. The maximum absolute atomic E-state index is 5.53. The summed E-state index contributed by atoms with van der Waals surface area (Å²) in [5.41, 5.74) is 6.80. The predicted octanol–water partition coefficient (Wildman–Crippen LogP) is 1.97. The standard InChI is InChI=1S/C9H14N2.C5H14O3Si/c1-8(10)11-7-9-5-3-2-4-6-9;1-5-9(6-2,7-3)8-4/h2-6,8,11H,7,10H2,1H3;5H2,1-4H3. The van der Waals surface area contributed by atoms with Crippen LogP contribution in [0.15, 0.2) is 30.3 Å². The van der Waals surface area contributed by atoms with Crippen LogP contribution in [0.2, 0.25) is 6.04 Å². The monoisotopic (exact) mass is 300 g/mol.